The first-order valence-electron chi connectivity index (χ1n) is 6.13. The van der Waals surface area contributed by atoms with Crippen LogP contribution in [0.4, 0.5) is 5.69 Å². The third-order valence-corrected chi connectivity index (χ3v) is 3.04. The summed E-state index contributed by atoms with van der Waals surface area (Å²) >= 11 is 0. The molecule has 0 radical (unpaired) electrons. The Bertz CT molecular complexity index is 401. The molecule has 1 aromatic rings. The van der Waals surface area contributed by atoms with Gasteiger partial charge in [-0.25, -0.2) is 0 Å². The van der Waals surface area contributed by atoms with Crippen LogP contribution in [-0.4, -0.2) is 24.0 Å². The Balaban J connectivity index is 1.92. The molecular formula is C13H19N3O. The van der Waals surface area contributed by atoms with Crippen LogP contribution >= 0.6 is 0 Å². The predicted molar refractivity (Wildman–Crippen MR) is 68.1 cm³/mol. The zero-order valence-corrected chi connectivity index (χ0v) is 10.4. The highest BCUT2D eigenvalue weighted by Crippen LogP contribution is 2.33. The number of carbonyl (C=O) groups is 1. The lowest BCUT2D eigenvalue weighted by molar-refractivity contribution is 0.0932. The molecule has 0 bridgehead atoms. The maximum atomic E-state index is 11.9. The summed E-state index contributed by atoms with van der Waals surface area (Å²) in [4.78, 5) is 16.0. The fourth-order valence-electron chi connectivity index (χ4n) is 1.92. The molecule has 0 aromatic carbocycles. The van der Waals surface area contributed by atoms with Crippen molar-refractivity contribution >= 4 is 11.6 Å². The minimum Gasteiger partial charge on any atom is -0.388 e. The summed E-state index contributed by atoms with van der Waals surface area (Å²) in [5.41, 5.74) is 1.37. The van der Waals surface area contributed by atoms with Crippen molar-refractivity contribution in [3.63, 3.8) is 0 Å². The number of amides is 1. The Morgan fingerprint density at radius 3 is 3.00 bits per heavy atom. The summed E-state index contributed by atoms with van der Waals surface area (Å²) in [5.74, 6) is 0.733. The molecule has 2 rings (SSSR count). The smallest absolute Gasteiger partial charge is 0.270 e. The van der Waals surface area contributed by atoms with E-state index >= 15 is 0 Å². The Morgan fingerprint density at radius 1 is 1.59 bits per heavy atom. The lowest BCUT2D eigenvalue weighted by Crippen LogP contribution is -2.33. The molecule has 4 heteroatoms. The normalized spacial score (nSPS) is 16.4. The molecule has 0 spiro atoms. The number of nitrogens with zero attached hydrogens (tertiary/aromatic N) is 1. The first kappa shape index (κ1) is 11.9. The monoisotopic (exact) mass is 233 g/mol. The lowest BCUT2D eigenvalue weighted by atomic mass is 10.1. The average Bonchev–Trinajstić information content (AvgIpc) is 3.12. The number of hydrogen-bond donors (Lipinski definition) is 2. The van der Waals surface area contributed by atoms with Crippen molar-refractivity contribution in [1.82, 2.24) is 10.3 Å². The minimum atomic E-state index is -0.0877. The number of carbonyl (C=O) groups excluding carboxylic acids is 1. The van der Waals surface area contributed by atoms with Crippen molar-refractivity contribution in [2.75, 3.05) is 12.4 Å². The molecule has 4 nitrogen and oxygen atoms in total. The topological polar surface area (TPSA) is 54.0 Å². The highest BCUT2D eigenvalue weighted by Gasteiger charge is 2.24. The highest BCUT2D eigenvalue weighted by atomic mass is 16.1. The quantitative estimate of drug-likeness (QED) is 0.818. The summed E-state index contributed by atoms with van der Waals surface area (Å²) in [5, 5.41) is 5.99. The van der Waals surface area contributed by atoms with Gasteiger partial charge in [0.2, 0.25) is 0 Å². The van der Waals surface area contributed by atoms with Crippen LogP contribution in [0.3, 0.4) is 0 Å². The standard InChI is InChI=1S/C13H19N3O/c1-9(7-10-3-4-10)16-13(17)12-8-11(14-2)5-6-15-12/h5-6,8-10H,3-4,7H2,1-2H3,(H,14,15)(H,16,17). The molecule has 1 amide bonds. The Labute approximate surface area is 102 Å². The van der Waals surface area contributed by atoms with E-state index < -0.39 is 0 Å². The predicted octanol–water partition coefficient (Wildman–Crippen LogP) is 2.04. The van der Waals surface area contributed by atoms with E-state index in [9.17, 15) is 4.79 Å². The van der Waals surface area contributed by atoms with Crippen LogP contribution in [0, 0.1) is 5.92 Å². The fourth-order valence-corrected chi connectivity index (χ4v) is 1.92. The van der Waals surface area contributed by atoms with Gasteiger partial charge < -0.3 is 10.6 Å². The molecule has 1 atom stereocenters. The van der Waals surface area contributed by atoms with Crippen molar-refractivity contribution in [1.29, 1.82) is 0 Å². The van der Waals surface area contributed by atoms with E-state index in [1.54, 1.807) is 12.3 Å². The van der Waals surface area contributed by atoms with Gasteiger partial charge >= 0.3 is 0 Å². The van der Waals surface area contributed by atoms with E-state index in [4.69, 9.17) is 0 Å². The van der Waals surface area contributed by atoms with Gasteiger partial charge in [-0.2, -0.15) is 0 Å². The molecule has 1 heterocycles. The summed E-state index contributed by atoms with van der Waals surface area (Å²) in [7, 11) is 1.83. The van der Waals surface area contributed by atoms with Gasteiger partial charge in [-0.15, -0.1) is 0 Å². The van der Waals surface area contributed by atoms with Crippen LogP contribution in [-0.2, 0) is 0 Å². The first-order chi connectivity index (χ1) is 8.19. The van der Waals surface area contributed by atoms with E-state index in [0.29, 0.717) is 5.69 Å². The Hall–Kier alpha value is -1.58. The van der Waals surface area contributed by atoms with Crippen LogP contribution in [0.2, 0.25) is 0 Å². The minimum absolute atomic E-state index is 0.0877. The number of aromatic nitrogens is 1. The van der Waals surface area contributed by atoms with Crippen molar-refractivity contribution < 1.29 is 4.79 Å². The van der Waals surface area contributed by atoms with Gasteiger partial charge in [-0.1, -0.05) is 12.8 Å². The Morgan fingerprint density at radius 2 is 2.35 bits per heavy atom. The third-order valence-electron chi connectivity index (χ3n) is 3.04. The van der Waals surface area contributed by atoms with E-state index in [-0.39, 0.29) is 11.9 Å². The van der Waals surface area contributed by atoms with Gasteiger partial charge in [-0.05, 0) is 31.4 Å². The first-order valence-corrected chi connectivity index (χ1v) is 6.13. The second-order valence-corrected chi connectivity index (χ2v) is 4.73. The SMILES string of the molecule is CNc1ccnc(C(=O)NC(C)CC2CC2)c1. The van der Waals surface area contributed by atoms with Gasteiger partial charge in [0.15, 0.2) is 0 Å². The zero-order valence-electron chi connectivity index (χ0n) is 10.4. The van der Waals surface area contributed by atoms with Gasteiger partial charge in [0.1, 0.15) is 5.69 Å². The number of anilines is 1. The molecule has 1 unspecified atom stereocenters. The summed E-state index contributed by atoms with van der Waals surface area (Å²) in [6, 6.07) is 3.83. The van der Waals surface area contributed by atoms with E-state index in [0.717, 1.165) is 18.0 Å². The maximum Gasteiger partial charge on any atom is 0.270 e. The summed E-state index contributed by atoms with van der Waals surface area (Å²) in [6.07, 6.45) is 5.35. The van der Waals surface area contributed by atoms with E-state index in [1.165, 1.54) is 12.8 Å². The highest BCUT2D eigenvalue weighted by molar-refractivity contribution is 5.93. The van der Waals surface area contributed by atoms with Crippen LogP contribution in [0.5, 0.6) is 0 Å². The molecule has 1 aliphatic rings. The van der Waals surface area contributed by atoms with Crippen LogP contribution in [0.15, 0.2) is 18.3 Å². The number of pyridine rings is 1. The number of rotatable bonds is 5. The maximum absolute atomic E-state index is 11.9. The second-order valence-electron chi connectivity index (χ2n) is 4.73. The van der Waals surface area contributed by atoms with Crippen molar-refractivity contribution in [2.24, 2.45) is 5.92 Å². The molecule has 0 aliphatic heterocycles. The van der Waals surface area contributed by atoms with Crippen LogP contribution < -0.4 is 10.6 Å². The van der Waals surface area contributed by atoms with E-state index in [1.807, 2.05) is 13.1 Å². The molecule has 1 saturated carbocycles. The zero-order chi connectivity index (χ0) is 12.3. The molecule has 1 aliphatic carbocycles. The van der Waals surface area contributed by atoms with Gasteiger partial charge in [0.05, 0.1) is 0 Å². The van der Waals surface area contributed by atoms with Gasteiger partial charge in [0, 0.05) is 25.0 Å². The third kappa shape index (κ3) is 3.44. The van der Waals surface area contributed by atoms with Crippen molar-refractivity contribution in [3.05, 3.63) is 24.0 Å². The van der Waals surface area contributed by atoms with E-state index in [2.05, 4.69) is 22.5 Å². The summed E-state index contributed by atoms with van der Waals surface area (Å²) < 4.78 is 0. The summed E-state index contributed by atoms with van der Waals surface area (Å²) in [6.45, 7) is 2.05. The molecule has 2 N–H and O–H groups in total. The lowest BCUT2D eigenvalue weighted by Gasteiger charge is -2.13. The number of nitrogens with one attached hydrogen (secondary N) is 2. The molecule has 0 saturated heterocycles. The van der Waals surface area contributed by atoms with Gasteiger partial charge in [-0.3, -0.25) is 9.78 Å². The second kappa shape index (κ2) is 5.17. The fraction of sp³-hybridized carbons (Fsp3) is 0.538. The van der Waals surface area contributed by atoms with Gasteiger partial charge in [0.25, 0.3) is 5.91 Å². The largest absolute Gasteiger partial charge is 0.388 e. The van der Waals surface area contributed by atoms with Crippen molar-refractivity contribution in [2.45, 2.75) is 32.2 Å². The molecule has 1 aromatic heterocycles. The van der Waals surface area contributed by atoms with Crippen LogP contribution in [0.1, 0.15) is 36.7 Å². The molecule has 1 fully saturated rings. The van der Waals surface area contributed by atoms with Crippen molar-refractivity contribution in [3.8, 4) is 0 Å². The van der Waals surface area contributed by atoms with Crippen LogP contribution in [0.25, 0.3) is 0 Å². The Kier molecular flexibility index (Phi) is 3.61. The molecule has 17 heavy (non-hydrogen) atoms. The molecule has 92 valence electrons. The average molecular weight is 233 g/mol. The number of hydrogen-bond acceptors (Lipinski definition) is 3. The molecular weight excluding hydrogens is 214 g/mol.